The van der Waals surface area contributed by atoms with Crippen molar-refractivity contribution in [1.82, 2.24) is 10.3 Å². The minimum Gasteiger partial charge on any atom is -0.390 e. The summed E-state index contributed by atoms with van der Waals surface area (Å²) in [4.78, 5) is 4.07. The first-order chi connectivity index (χ1) is 15.5. The number of nitrogens with one attached hydrogen (secondary N) is 2. The summed E-state index contributed by atoms with van der Waals surface area (Å²) in [6.45, 7) is 2.52. The molecule has 0 saturated heterocycles. The first-order valence-corrected chi connectivity index (χ1v) is 12.0. The van der Waals surface area contributed by atoms with Gasteiger partial charge in [0, 0.05) is 18.7 Å². The maximum absolute atomic E-state index is 13.7. The number of rotatable bonds is 9. The van der Waals surface area contributed by atoms with Gasteiger partial charge in [-0.15, -0.1) is 11.3 Å². The lowest BCUT2D eigenvalue weighted by molar-refractivity contribution is 0.144. The molecule has 4 nitrogen and oxygen atoms in total. The number of fused-ring (bicyclic) bond motifs is 1. The van der Waals surface area contributed by atoms with Gasteiger partial charge in [-0.05, 0) is 66.5 Å². The third kappa shape index (κ3) is 5.71. The van der Waals surface area contributed by atoms with E-state index in [4.69, 9.17) is 0 Å². The average Bonchev–Trinajstić information content (AvgIpc) is 3.29. The SMILES string of the molecule is CCc1ccc2c(c1)C(NCC(O)C(Cc1cc(F)cc(F)c1)Nc1cncs1)CCC2. The van der Waals surface area contributed by atoms with Crippen LogP contribution in [0.4, 0.5) is 13.8 Å². The molecule has 1 heterocycles. The molecule has 1 aromatic heterocycles. The molecule has 0 amide bonds. The molecule has 3 atom stereocenters. The van der Waals surface area contributed by atoms with E-state index in [1.807, 2.05) is 0 Å². The molecule has 1 aliphatic rings. The Kier molecular flexibility index (Phi) is 7.50. The van der Waals surface area contributed by atoms with Crippen LogP contribution in [0.25, 0.3) is 0 Å². The summed E-state index contributed by atoms with van der Waals surface area (Å²) in [6, 6.07) is 9.96. The molecule has 170 valence electrons. The van der Waals surface area contributed by atoms with Crippen LogP contribution in [0.2, 0.25) is 0 Å². The maximum atomic E-state index is 13.7. The molecule has 2 aromatic carbocycles. The van der Waals surface area contributed by atoms with Gasteiger partial charge in [0.15, 0.2) is 0 Å². The van der Waals surface area contributed by atoms with E-state index in [2.05, 4.69) is 40.7 Å². The van der Waals surface area contributed by atoms with E-state index in [1.54, 1.807) is 11.7 Å². The summed E-state index contributed by atoms with van der Waals surface area (Å²) in [7, 11) is 0. The van der Waals surface area contributed by atoms with Gasteiger partial charge in [0.05, 0.1) is 23.9 Å². The molecule has 0 bridgehead atoms. The van der Waals surface area contributed by atoms with E-state index in [1.165, 1.54) is 40.2 Å². The number of hydrogen-bond acceptors (Lipinski definition) is 5. The normalized spacial score (nSPS) is 17.6. The lowest BCUT2D eigenvalue weighted by Gasteiger charge is -2.30. The van der Waals surface area contributed by atoms with Gasteiger partial charge in [-0.1, -0.05) is 25.1 Å². The van der Waals surface area contributed by atoms with Crippen molar-refractivity contribution in [2.45, 2.75) is 57.2 Å². The van der Waals surface area contributed by atoms with Gasteiger partial charge in [0.25, 0.3) is 0 Å². The second-order valence-electron chi connectivity index (χ2n) is 8.41. The number of aromatic nitrogens is 1. The third-order valence-corrected chi connectivity index (χ3v) is 6.81. The number of benzene rings is 2. The lowest BCUT2D eigenvalue weighted by Crippen LogP contribution is -2.43. The lowest BCUT2D eigenvalue weighted by atomic mass is 9.86. The average molecular weight is 458 g/mol. The number of halogens is 2. The van der Waals surface area contributed by atoms with Crippen molar-refractivity contribution in [2.75, 3.05) is 11.9 Å². The first-order valence-electron chi connectivity index (χ1n) is 11.1. The summed E-state index contributed by atoms with van der Waals surface area (Å²) in [5.41, 5.74) is 6.21. The number of aliphatic hydroxyl groups is 1. The van der Waals surface area contributed by atoms with E-state index in [-0.39, 0.29) is 12.5 Å². The van der Waals surface area contributed by atoms with Gasteiger partial charge < -0.3 is 15.7 Å². The summed E-state index contributed by atoms with van der Waals surface area (Å²) < 4.78 is 27.4. The number of aliphatic hydroxyl groups excluding tert-OH is 1. The van der Waals surface area contributed by atoms with Crippen LogP contribution >= 0.6 is 11.3 Å². The van der Waals surface area contributed by atoms with E-state index in [9.17, 15) is 13.9 Å². The minimum atomic E-state index is -0.761. The van der Waals surface area contributed by atoms with Crippen LogP contribution < -0.4 is 10.6 Å². The second kappa shape index (κ2) is 10.5. The molecule has 0 aliphatic heterocycles. The molecule has 0 fully saturated rings. The van der Waals surface area contributed by atoms with Crippen LogP contribution in [-0.4, -0.2) is 28.8 Å². The molecule has 32 heavy (non-hydrogen) atoms. The van der Waals surface area contributed by atoms with E-state index >= 15 is 0 Å². The number of aryl methyl sites for hydroxylation is 2. The fraction of sp³-hybridized carbons (Fsp3) is 0.400. The zero-order chi connectivity index (χ0) is 22.5. The highest BCUT2D eigenvalue weighted by Crippen LogP contribution is 2.31. The summed E-state index contributed by atoms with van der Waals surface area (Å²) >= 11 is 1.42. The number of thiazole rings is 1. The van der Waals surface area contributed by atoms with Crippen molar-refractivity contribution in [3.8, 4) is 0 Å². The maximum Gasteiger partial charge on any atom is 0.126 e. The number of nitrogens with zero attached hydrogens (tertiary/aromatic N) is 1. The van der Waals surface area contributed by atoms with Crippen molar-refractivity contribution in [1.29, 1.82) is 0 Å². The molecule has 3 N–H and O–H groups in total. The van der Waals surface area contributed by atoms with Crippen LogP contribution in [0.1, 0.15) is 48.1 Å². The summed E-state index contributed by atoms with van der Waals surface area (Å²) in [5, 5.41) is 18.7. The summed E-state index contributed by atoms with van der Waals surface area (Å²) in [5.74, 6) is -1.23. The highest BCUT2D eigenvalue weighted by molar-refractivity contribution is 7.13. The van der Waals surface area contributed by atoms with Gasteiger partial charge in [-0.25, -0.2) is 8.78 Å². The van der Waals surface area contributed by atoms with Crippen molar-refractivity contribution in [3.63, 3.8) is 0 Å². The zero-order valence-corrected chi connectivity index (χ0v) is 19.0. The zero-order valence-electron chi connectivity index (χ0n) is 18.2. The molecule has 3 unspecified atom stereocenters. The van der Waals surface area contributed by atoms with E-state index < -0.39 is 23.8 Å². The van der Waals surface area contributed by atoms with Crippen LogP contribution in [0.15, 0.2) is 48.1 Å². The molecule has 0 spiro atoms. The molecule has 0 radical (unpaired) electrons. The van der Waals surface area contributed by atoms with Crippen LogP contribution in [0.5, 0.6) is 0 Å². The Morgan fingerprint density at radius 1 is 1.16 bits per heavy atom. The van der Waals surface area contributed by atoms with Crippen LogP contribution in [0.3, 0.4) is 0 Å². The Bertz CT molecular complexity index is 1010. The predicted octanol–water partition coefficient (Wildman–Crippen LogP) is 5.04. The highest BCUT2D eigenvalue weighted by Gasteiger charge is 2.25. The Morgan fingerprint density at radius 2 is 1.97 bits per heavy atom. The minimum absolute atomic E-state index is 0.190. The van der Waals surface area contributed by atoms with Crippen LogP contribution in [0, 0.1) is 11.6 Å². The highest BCUT2D eigenvalue weighted by atomic mass is 32.1. The molecular formula is C25H29F2N3OS. The van der Waals surface area contributed by atoms with Crippen molar-refractivity contribution in [3.05, 3.63) is 82.0 Å². The fourth-order valence-electron chi connectivity index (χ4n) is 4.42. The Balaban J connectivity index is 1.47. The molecule has 0 saturated carbocycles. The standard InChI is InChI=1S/C25H29F2N3OS/c1-2-16-6-7-18-4-3-5-22(21(18)10-16)29-13-24(31)23(30-25-14-28-15-32-25)11-17-8-19(26)12-20(27)9-17/h6-10,12,14-15,22-24,29-31H,2-5,11,13H2,1H3. The number of hydrogen-bond donors (Lipinski definition) is 3. The van der Waals surface area contributed by atoms with Gasteiger partial charge in [-0.2, -0.15) is 0 Å². The predicted molar refractivity (Wildman–Crippen MR) is 125 cm³/mol. The second-order valence-corrected chi connectivity index (χ2v) is 9.29. The van der Waals surface area contributed by atoms with Crippen molar-refractivity contribution in [2.24, 2.45) is 0 Å². The van der Waals surface area contributed by atoms with E-state index in [0.717, 1.165) is 36.8 Å². The van der Waals surface area contributed by atoms with Crippen molar-refractivity contribution < 1.29 is 13.9 Å². The smallest absolute Gasteiger partial charge is 0.126 e. The molecule has 7 heteroatoms. The van der Waals surface area contributed by atoms with Crippen molar-refractivity contribution >= 4 is 16.3 Å². The van der Waals surface area contributed by atoms with Gasteiger partial charge in [-0.3, -0.25) is 4.98 Å². The fourth-order valence-corrected chi connectivity index (χ4v) is 5.00. The topological polar surface area (TPSA) is 57.2 Å². The third-order valence-electron chi connectivity index (χ3n) is 6.11. The van der Waals surface area contributed by atoms with E-state index in [0.29, 0.717) is 12.1 Å². The first kappa shape index (κ1) is 22.8. The van der Waals surface area contributed by atoms with Gasteiger partial charge >= 0.3 is 0 Å². The van der Waals surface area contributed by atoms with Gasteiger partial charge in [0.1, 0.15) is 16.6 Å². The largest absolute Gasteiger partial charge is 0.390 e. The molecule has 3 aromatic rings. The quantitative estimate of drug-likeness (QED) is 0.422. The molecular weight excluding hydrogens is 428 g/mol. The number of anilines is 1. The molecule has 4 rings (SSSR count). The Labute approximate surface area is 191 Å². The van der Waals surface area contributed by atoms with Gasteiger partial charge in [0.2, 0.25) is 0 Å². The monoisotopic (exact) mass is 457 g/mol. The molecule has 1 aliphatic carbocycles. The Morgan fingerprint density at radius 3 is 2.69 bits per heavy atom. The Hall–Kier alpha value is -2.35. The van der Waals surface area contributed by atoms with Crippen LogP contribution in [-0.2, 0) is 19.3 Å². The summed E-state index contributed by atoms with van der Waals surface area (Å²) in [6.07, 6.45) is 5.42.